The van der Waals surface area contributed by atoms with Crippen LogP contribution in [0.5, 0.6) is 5.75 Å². The van der Waals surface area contributed by atoms with Gasteiger partial charge in [-0.2, -0.15) is 0 Å². The fraction of sp³-hybridized carbons (Fsp3) is 0.435. The zero-order valence-corrected chi connectivity index (χ0v) is 17.3. The lowest BCUT2D eigenvalue weighted by Crippen LogP contribution is -3.28. The van der Waals surface area contributed by atoms with Crippen LogP contribution in [-0.4, -0.2) is 57.7 Å². The highest BCUT2D eigenvalue weighted by Crippen LogP contribution is 2.13. The molecule has 0 aliphatic carbocycles. The van der Waals surface area contributed by atoms with Gasteiger partial charge in [0.1, 0.15) is 38.5 Å². The van der Waals surface area contributed by atoms with Gasteiger partial charge in [-0.15, -0.1) is 0 Å². The van der Waals surface area contributed by atoms with Gasteiger partial charge in [0, 0.05) is 19.2 Å². The fourth-order valence-corrected chi connectivity index (χ4v) is 3.87. The quantitative estimate of drug-likeness (QED) is 0.704. The van der Waals surface area contributed by atoms with Crippen LogP contribution >= 0.6 is 0 Å². The second-order valence-electron chi connectivity index (χ2n) is 7.88. The van der Waals surface area contributed by atoms with Gasteiger partial charge in [0.2, 0.25) is 0 Å². The predicted octanol–water partition coefficient (Wildman–Crippen LogP) is -0.0544. The van der Waals surface area contributed by atoms with E-state index in [2.05, 4.69) is 31.2 Å². The highest BCUT2D eigenvalue weighted by atomic mass is 16.5. The maximum atomic E-state index is 12.7. The van der Waals surface area contributed by atoms with Crippen molar-refractivity contribution in [1.82, 2.24) is 4.90 Å². The molecule has 1 heterocycles. The van der Waals surface area contributed by atoms with Crippen LogP contribution in [0.2, 0.25) is 0 Å². The smallest absolute Gasteiger partial charge is 0.277 e. The molecule has 0 radical (unpaired) electrons. The number of piperazine rings is 1. The van der Waals surface area contributed by atoms with E-state index in [1.165, 1.54) is 16.0 Å². The van der Waals surface area contributed by atoms with Gasteiger partial charge in [0.15, 0.2) is 6.54 Å². The number of methoxy groups -OCH3 is 1. The molecule has 0 saturated carbocycles. The zero-order chi connectivity index (χ0) is 19.9. The van der Waals surface area contributed by atoms with Crippen molar-refractivity contribution in [3.05, 3.63) is 65.2 Å². The van der Waals surface area contributed by atoms with E-state index in [0.29, 0.717) is 13.1 Å². The summed E-state index contributed by atoms with van der Waals surface area (Å²) in [4.78, 5) is 17.5. The minimum Gasteiger partial charge on any atom is -0.497 e. The molecule has 0 atom stereocenters. The lowest BCUT2D eigenvalue weighted by atomic mass is 10.1. The molecule has 3 rings (SSSR count). The molecular weight excluding hydrogens is 350 g/mol. The number of nitrogens with zero attached hydrogens (tertiary/aromatic N) is 1. The third-order valence-electron chi connectivity index (χ3n) is 5.75. The van der Waals surface area contributed by atoms with Crippen molar-refractivity contribution in [1.29, 1.82) is 0 Å². The third-order valence-corrected chi connectivity index (χ3v) is 5.75. The van der Waals surface area contributed by atoms with Crippen molar-refractivity contribution >= 4 is 5.91 Å². The lowest BCUT2D eigenvalue weighted by molar-refractivity contribution is -1.02. The molecule has 0 bridgehead atoms. The van der Waals surface area contributed by atoms with Crippen LogP contribution < -0.4 is 14.5 Å². The summed E-state index contributed by atoms with van der Waals surface area (Å²) >= 11 is 0. The summed E-state index contributed by atoms with van der Waals surface area (Å²) in [5.41, 5.74) is 3.91. The fourth-order valence-electron chi connectivity index (χ4n) is 3.87. The van der Waals surface area contributed by atoms with Crippen molar-refractivity contribution in [2.24, 2.45) is 0 Å². The van der Waals surface area contributed by atoms with Crippen molar-refractivity contribution < 1.29 is 19.3 Å². The van der Waals surface area contributed by atoms with Crippen LogP contribution in [0.3, 0.4) is 0 Å². The first-order valence-corrected chi connectivity index (χ1v) is 10.1. The molecule has 1 aliphatic heterocycles. The van der Waals surface area contributed by atoms with Crippen molar-refractivity contribution in [2.45, 2.75) is 20.0 Å². The minimum atomic E-state index is 0.208. The Morgan fingerprint density at radius 1 is 1.04 bits per heavy atom. The lowest BCUT2D eigenvalue weighted by Gasteiger charge is -2.30. The van der Waals surface area contributed by atoms with E-state index in [0.717, 1.165) is 44.0 Å². The highest BCUT2D eigenvalue weighted by molar-refractivity contribution is 5.76. The van der Waals surface area contributed by atoms with Crippen LogP contribution in [-0.2, 0) is 17.9 Å². The Balaban J connectivity index is 1.44. The molecule has 2 aromatic rings. The highest BCUT2D eigenvalue weighted by Gasteiger charge is 2.26. The number of benzene rings is 2. The van der Waals surface area contributed by atoms with Gasteiger partial charge < -0.3 is 19.4 Å². The van der Waals surface area contributed by atoms with Gasteiger partial charge in [-0.3, -0.25) is 4.79 Å². The molecule has 0 unspecified atom stereocenters. The van der Waals surface area contributed by atoms with Gasteiger partial charge in [0.25, 0.3) is 5.91 Å². The molecule has 2 aromatic carbocycles. The van der Waals surface area contributed by atoms with Crippen LogP contribution in [0.15, 0.2) is 48.5 Å². The summed E-state index contributed by atoms with van der Waals surface area (Å²) in [6.07, 6.45) is 0. The summed E-state index contributed by atoms with van der Waals surface area (Å²) < 4.78 is 5.27. The molecule has 2 N–H and O–H groups in total. The van der Waals surface area contributed by atoms with Crippen LogP contribution in [0, 0.1) is 6.92 Å². The van der Waals surface area contributed by atoms with Gasteiger partial charge in [-0.1, -0.05) is 36.4 Å². The van der Waals surface area contributed by atoms with E-state index in [1.807, 2.05) is 36.2 Å². The summed E-state index contributed by atoms with van der Waals surface area (Å²) in [6, 6.07) is 16.6. The summed E-state index contributed by atoms with van der Waals surface area (Å²) in [5, 5.41) is 0. The Kier molecular flexibility index (Phi) is 7.06. The maximum absolute atomic E-state index is 12.7. The van der Waals surface area contributed by atoms with Crippen LogP contribution in [0.4, 0.5) is 0 Å². The second-order valence-corrected chi connectivity index (χ2v) is 7.88. The van der Waals surface area contributed by atoms with Crippen LogP contribution in [0.25, 0.3) is 0 Å². The predicted molar refractivity (Wildman–Crippen MR) is 111 cm³/mol. The molecule has 5 heteroatoms. The Morgan fingerprint density at radius 3 is 2.46 bits per heavy atom. The van der Waals surface area contributed by atoms with Gasteiger partial charge in [-0.25, -0.2) is 0 Å². The molecule has 1 fully saturated rings. The number of nitrogens with one attached hydrogen (secondary N) is 2. The van der Waals surface area contributed by atoms with Crippen molar-refractivity contribution in [2.75, 3.05) is 46.9 Å². The van der Waals surface area contributed by atoms with Crippen molar-refractivity contribution in [3.63, 3.8) is 0 Å². The topological polar surface area (TPSA) is 38.4 Å². The SMILES string of the molecule is COc1cccc(CN(C)C(=O)C[NH+]2CC[NH+](Cc3ccccc3C)CC2)c1. The average Bonchev–Trinajstić information content (AvgIpc) is 2.71. The third kappa shape index (κ3) is 5.57. The monoisotopic (exact) mass is 383 g/mol. The van der Waals surface area contributed by atoms with Gasteiger partial charge >= 0.3 is 0 Å². The number of carbonyl (C=O) groups is 1. The molecule has 28 heavy (non-hydrogen) atoms. The standard InChI is InChI=1S/C23H31N3O2/c1-19-7-4-5-9-21(19)17-25-11-13-26(14-12-25)18-23(27)24(2)16-20-8-6-10-22(15-20)28-3/h4-10,15H,11-14,16-18H2,1-3H3/p+2. The van der Waals surface area contributed by atoms with E-state index in [9.17, 15) is 4.79 Å². The maximum Gasteiger partial charge on any atom is 0.277 e. The first kappa shape index (κ1) is 20.4. The number of likely N-dealkylation sites (N-methyl/N-ethyl adjacent to an activating group) is 1. The van der Waals surface area contributed by atoms with Crippen molar-refractivity contribution in [3.8, 4) is 5.75 Å². The van der Waals surface area contributed by atoms with E-state index in [4.69, 9.17) is 4.74 Å². The minimum absolute atomic E-state index is 0.208. The Morgan fingerprint density at radius 2 is 1.75 bits per heavy atom. The van der Waals surface area contributed by atoms with Gasteiger partial charge in [0.05, 0.1) is 7.11 Å². The molecule has 1 amide bonds. The molecule has 150 valence electrons. The van der Waals surface area contributed by atoms with E-state index in [1.54, 1.807) is 12.0 Å². The Labute approximate surface area is 168 Å². The summed E-state index contributed by atoms with van der Waals surface area (Å²) in [7, 11) is 3.55. The number of amides is 1. The Hall–Kier alpha value is -2.37. The molecule has 1 saturated heterocycles. The normalized spacial score (nSPS) is 19.2. The first-order valence-electron chi connectivity index (χ1n) is 10.1. The van der Waals surface area contributed by atoms with Crippen LogP contribution in [0.1, 0.15) is 16.7 Å². The van der Waals surface area contributed by atoms with E-state index < -0.39 is 0 Å². The summed E-state index contributed by atoms with van der Waals surface area (Å²) in [6.45, 7) is 8.83. The first-order chi connectivity index (χ1) is 13.5. The molecule has 0 aromatic heterocycles. The Bertz CT molecular complexity index is 785. The molecule has 1 aliphatic rings. The molecular formula is C23H33N3O2+2. The molecule has 0 spiro atoms. The number of rotatable bonds is 7. The number of hydrogen-bond acceptors (Lipinski definition) is 2. The van der Waals surface area contributed by atoms with E-state index >= 15 is 0 Å². The number of hydrogen-bond donors (Lipinski definition) is 2. The van der Waals surface area contributed by atoms with Gasteiger partial charge in [-0.05, 0) is 30.2 Å². The number of aryl methyl sites for hydroxylation is 1. The largest absolute Gasteiger partial charge is 0.497 e. The average molecular weight is 384 g/mol. The number of carbonyl (C=O) groups excluding carboxylic acids is 1. The second kappa shape index (κ2) is 9.71. The zero-order valence-electron chi connectivity index (χ0n) is 17.3. The van der Waals surface area contributed by atoms with E-state index in [-0.39, 0.29) is 5.91 Å². The summed E-state index contributed by atoms with van der Waals surface area (Å²) in [5.74, 6) is 1.04. The molecule has 5 nitrogen and oxygen atoms in total. The number of quaternary nitrogens is 2. The number of ether oxygens (including phenoxy) is 1.